The van der Waals surface area contributed by atoms with Gasteiger partial charge in [0.15, 0.2) is 15.6 Å². The lowest BCUT2D eigenvalue weighted by Gasteiger charge is -2.13. The molecule has 1 aromatic heterocycles. The zero-order valence-corrected chi connectivity index (χ0v) is 19.2. The lowest BCUT2D eigenvalue weighted by Crippen LogP contribution is -2.17. The third-order valence-electron chi connectivity index (χ3n) is 5.81. The van der Waals surface area contributed by atoms with E-state index in [-0.39, 0.29) is 17.3 Å². The minimum absolute atomic E-state index is 0.131. The van der Waals surface area contributed by atoms with Crippen molar-refractivity contribution in [1.29, 1.82) is 0 Å². The van der Waals surface area contributed by atoms with Crippen molar-refractivity contribution in [1.82, 2.24) is 9.78 Å². The highest BCUT2D eigenvalue weighted by Gasteiger charge is 2.33. The van der Waals surface area contributed by atoms with Crippen LogP contribution in [0.15, 0.2) is 78.9 Å². The minimum atomic E-state index is -3.30. The topological polar surface area (TPSA) is 98.1 Å². The highest BCUT2D eigenvalue weighted by Crippen LogP contribution is 2.33. The first kappa shape index (κ1) is 21.8. The first-order valence-electron chi connectivity index (χ1n) is 10.7. The molecule has 0 bridgehead atoms. The van der Waals surface area contributed by atoms with Gasteiger partial charge < -0.3 is 5.32 Å². The van der Waals surface area contributed by atoms with E-state index < -0.39 is 15.7 Å². The number of hydrogen-bond acceptors (Lipinski definition) is 5. The molecule has 0 saturated carbocycles. The van der Waals surface area contributed by atoms with Crippen LogP contribution >= 0.6 is 0 Å². The molecule has 0 spiro atoms. The van der Waals surface area contributed by atoms with Crippen LogP contribution in [-0.4, -0.2) is 29.9 Å². The van der Waals surface area contributed by atoms with E-state index in [4.69, 9.17) is 0 Å². The van der Waals surface area contributed by atoms with Gasteiger partial charge in [0, 0.05) is 22.3 Å². The number of hydrogen-bond donors (Lipinski definition) is 1. The van der Waals surface area contributed by atoms with Gasteiger partial charge in [0.25, 0.3) is 5.91 Å². The van der Waals surface area contributed by atoms with Crippen molar-refractivity contribution in [2.75, 3.05) is 5.32 Å². The Labute approximate surface area is 197 Å². The van der Waals surface area contributed by atoms with Crippen molar-refractivity contribution in [3.8, 4) is 5.69 Å². The molecule has 1 aliphatic heterocycles. The number of amides is 1. The molecule has 5 rings (SSSR count). The summed E-state index contributed by atoms with van der Waals surface area (Å²) in [5, 5.41) is 7.38. The second-order valence-electron chi connectivity index (χ2n) is 8.23. The summed E-state index contributed by atoms with van der Waals surface area (Å²) in [7, 11) is -3.30. The van der Waals surface area contributed by atoms with Gasteiger partial charge in [-0.05, 0) is 30.7 Å². The largest absolute Gasteiger partial charge is 0.306 e. The third-order valence-corrected chi connectivity index (χ3v) is 7.25. The Morgan fingerprint density at radius 1 is 0.824 bits per heavy atom. The van der Waals surface area contributed by atoms with Gasteiger partial charge in [0.05, 0.1) is 22.9 Å². The minimum Gasteiger partial charge on any atom is -0.306 e. The molecular weight excluding hydrogens is 450 g/mol. The van der Waals surface area contributed by atoms with Crippen molar-refractivity contribution in [2.45, 2.75) is 18.4 Å². The summed E-state index contributed by atoms with van der Waals surface area (Å²) in [6.07, 6.45) is 0. The Balaban J connectivity index is 1.46. The number of aryl methyl sites for hydroxylation is 1. The average Bonchev–Trinajstić information content (AvgIpc) is 3.31. The van der Waals surface area contributed by atoms with E-state index in [0.717, 1.165) is 11.3 Å². The Hall–Kier alpha value is -4.04. The van der Waals surface area contributed by atoms with Crippen molar-refractivity contribution in [3.63, 3.8) is 0 Å². The molecule has 0 radical (unpaired) electrons. The third kappa shape index (κ3) is 4.04. The summed E-state index contributed by atoms with van der Waals surface area (Å²) in [5.74, 6) is -0.525. The molecule has 1 aliphatic rings. The number of aromatic nitrogens is 2. The van der Waals surface area contributed by atoms with Crippen LogP contribution in [0.3, 0.4) is 0 Å². The molecule has 0 atom stereocenters. The number of sulfone groups is 1. The van der Waals surface area contributed by atoms with Gasteiger partial charge in [-0.15, -0.1) is 0 Å². The number of carbonyl (C=O) groups is 2. The Bertz CT molecular complexity index is 1520. The van der Waals surface area contributed by atoms with E-state index in [2.05, 4.69) is 10.4 Å². The average molecular weight is 472 g/mol. The van der Waals surface area contributed by atoms with Crippen LogP contribution in [0, 0.1) is 6.92 Å². The van der Waals surface area contributed by atoms with Crippen LogP contribution in [0.25, 0.3) is 5.69 Å². The van der Waals surface area contributed by atoms with E-state index in [1.54, 1.807) is 53.2 Å². The van der Waals surface area contributed by atoms with Gasteiger partial charge in [0.2, 0.25) is 0 Å². The summed E-state index contributed by atoms with van der Waals surface area (Å²) in [6, 6.07) is 22.8. The highest BCUT2D eigenvalue weighted by molar-refractivity contribution is 7.90. The molecular formula is C26H21N3O4S. The Morgan fingerprint density at radius 3 is 2.15 bits per heavy atom. The summed E-state index contributed by atoms with van der Waals surface area (Å²) in [4.78, 5) is 25.7. The molecule has 0 saturated heterocycles. The first-order chi connectivity index (χ1) is 16.3. The standard InChI is InChI=1S/C26H21N3O4S/c1-17-7-5-6-10-23(17)29-25(21-15-34(32,33)16-22(21)28-29)27-26(31)20-13-11-19(12-14-20)24(30)18-8-3-2-4-9-18/h2-14H,15-16H2,1H3,(H,27,31). The first-order valence-corrected chi connectivity index (χ1v) is 12.5. The molecule has 3 aromatic carbocycles. The van der Waals surface area contributed by atoms with Crippen LogP contribution < -0.4 is 5.32 Å². The molecule has 34 heavy (non-hydrogen) atoms. The smallest absolute Gasteiger partial charge is 0.256 e. The van der Waals surface area contributed by atoms with Gasteiger partial charge in [-0.1, -0.05) is 60.7 Å². The van der Waals surface area contributed by atoms with Crippen molar-refractivity contribution < 1.29 is 18.0 Å². The molecule has 2 heterocycles. The van der Waals surface area contributed by atoms with Gasteiger partial charge in [-0.3, -0.25) is 9.59 Å². The lowest BCUT2D eigenvalue weighted by atomic mass is 10.0. The molecule has 1 N–H and O–H groups in total. The number of fused-ring (bicyclic) bond motifs is 1. The molecule has 4 aromatic rings. The number of nitrogens with zero attached hydrogens (tertiary/aromatic N) is 2. The summed E-state index contributed by atoms with van der Waals surface area (Å²) in [6.45, 7) is 1.92. The number of anilines is 1. The van der Waals surface area contributed by atoms with Crippen LogP contribution in [0.5, 0.6) is 0 Å². The predicted molar refractivity (Wildman–Crippen MR) is 129 cm³/mol. The maximum Gasteiger partial charge on any atom is 0.256 e. The molecule has 8 heteroatoms. The van der Waals surface area contributed by atoms with E-state index in [9.17, 15) is 18.0 Å². The SMILES string of the molecule is Cc1ccccc1-n1nc2c(c1NC(=O)c1ccc(C(=O)c3ccccc3)cc1)CS(=O)(=O)C2. The van der Waals surface area contributed by atoms with E-state index >= 15 is 0 Å². The second-order valence-corrected chi connectivity index (χ2v) is 10.3. The fourth-order valence-corrected chi connectivity index (χ4v) is 5.55. The molecule has 0 fully saturated rings. The quantitative estimate of drug-likeness (QED) is 0.442. The molecule has 0 aliphatic carbocycles. The van der Waals surface area contributed by atoms with Gasteiger partial charge in [0.1, 0.15) is 5.82 Å². The fourth-order valence-electron chi connectivity index (χ4n) is 4.06. The fraction of sp³-hybridized carbons (Fsp3) is 0.115. The number of para-hydroxylation sites is 1. The highest BCUT2D eigenvalue weighted by atomic mass is 32.2. The summed E-state index contributed by atoms with van der Waals surface area (Å²) >= 11 is 0. The molecule has 170 valence electrons. The lowest BCUT2D eigenvalue weighted by molar-refractivity contribution is 0.101. The Morgan fingerprint density at radius 2 is 1.44 bits per heavy atom. The van der Waals surface area contributed by atoms with Gasteiger partial charge >= 0.3 is 0 Å². The molecule has 1 amide bonds. The molecule has 0 unspecified atom stereocenters. The normalized spacial score (nSPS) is 13.9. The number of rotatable bonds is 5. The zero-order chi connectivity index (χ0) is 23.9. The van der Waals surface area contributed by atoms with Crippen LogP contribution in [-0.2, 0) is 21.3 Å². The van der Waals surface area contributed by atoms with Crippen molar-refractivity contribution in [2.24, 2.45) is 0 Å². The zero-order valence-electron chi connectivity index (χ0n) is 18.4. The van der Waals surface area contributed by atoms with Crippen LogP contribution in [0.1, 0.15) is 43.1 Å². The van der Waals surface area contributed by atoms with Crippen LogP contribution in [0.4, 0.5) is 5.82 Å². The number of carbonyl (C=O) groups excluding carboxylic acids is 2. The van der Waals surface area contributed by atoms with E-state index in [1.165, 1.54) is 0 Å². The van der Waals surface area contributed by atoms with Gasteiger partial charge in [-0.2, -0.15) is 5.10 Å². The maximum absolute atomic E-state index is 13.1. The Kier molecular flexibility index (Phi) is 5.37. The number of nitrogens with one attached hydrogen (secondary N) is 1. The monoisotopic (exact) mass is 471 g/mol. The number of benzene rings is 3. The summed E-state index contributed by atoms with van der Waals surface area (Å²) < 4.78 is 26.0. The predicted octanol–water partition coefficient (Wildman–Crippen LogP) is 4.09. The van der Waals surface area contributed by atoms with Gasteiger partial charge in [-0.25, -0.2) is 13.1 Å². The van der Waals surface area contributed by atoms with Crippen molar-refractivity contribution >= 4 is 27.3 Å². The maximum atomic E-state index is 13.1. The van der Waals surface area contributed by atoms with Crippen molar-refractivity contribution in [3.05, 3.63) is 112 Å². The van der Waals surface area contributed by atoms with Crippen LogP contribution in [0.2, 0.25) is 0 Å². The molecule has 7 nitrogen and oxygen atoms in total. The second kappa shape index (κ2) is 8.39. The summed E-state index contributed by atoms with van der Waals surface area (Å²) in [5.41, 5.74) is 4.03. The van der Waals surface area contributed by atoms with E-state index in [0.29, 0.717) is 33.8 Å². The van der Waals surface area contributed by atoms with E-state index in [1.807, 2.05) is 37.3 Å². The number of ketones is 1.